The molecular weight excluding hydrogens is 178 g/mol. The van der Waals surface area contributed by atoms with Crippen molar-refractivity contribution in [3.8, 4) is 6.07 Å². The minimum Gasteiger partial charge on any atom is -0.340 e. The van der Waals surface area contributed by atoms with Crippen LogP contribution in [-0.4, -0.2) is 37.0 Å². The molecule has 1 N–H and O–H groups in total. The lowest BCUT2D eigenvalue weighted by molar-refractivity contribution is -0.140. The Kier molecular flexibility index (Phi) is 3.48. The van der Waals surface area contributed by atoms with Crippen LogP contribution in [0.1, 0.15) is 20.3 Å². The molecule has 4 nitrogen and oxygen atoms in total. The number of piperazine rings is 1. The van der Waals surface area contributed by atoms with E-state index in [1.54, 1.807) is 0 Å². The number of carbonyl (C=O) groups excluding carboxylic acids is 1. The van der Waals surface area contributed by atoms with E-state index in [9.17, 15) is 4.79 Å². The van der Waals surface area contributed by atoms with Gasteiger partial charge in [0.2, 0.25) is 5.91 Å². The van der Waals surface area contributed by atoms with Crippen LogP contribution < -0.4 is 5.32 Å². The Morgan fingerprint density at radius 2 is 2.07 bits per heavy atom. The maximum atomic E-state index is 12.0. The fourth-order valence-corrected chi connectivity index (χ4v) is 1.57. The molecule has 0 bridgehead atoms. The minimum absolute atomic E-state index is 0.0977. The zero-order valence-corrected chi connectivity index (χ0v) is 8.84. The van der Waals surface area contributed by atoms with Crippen LogP contribution >= 0.6 is 0 Å². The lowest BCUT2D eigenvalue weighted by Gasteiger charge is -2.33. The second-order valence-corrected chi connectivity index (χ2v) is 4.26. The summed E-state index contributed by atoms with van der Waals surface area (Å²) in [6.07, 6.45) is 0.287. The van der Waals surface area contributed by atoms with Crippen molar-refractivity contribution in [2.45, 2.75) is 20.3 Å². The first-order valence-electron chi connectivity index (χ1n) is 4.95. The monoisotopic (exact) mass is 195 g/mol. The van der Waals surface area contributed by atoms with Gasteiger partial charge in [-0.3, -0.25) is 4.79 Å². The lowest BCUT2D eigenvalue weighted by atomic mass is 9.88. The molecule has 0 aromatic heterocycles. The Balaban J connectivity index is 2.59. The molecule has 0 spiro atoms. The van der Waals surface area contributed by atoms with Gasteiger partial charge in [0.15, 0.2) is 0 Å². The highest BCUT2D eigenvalue weighted by Crippen LogP contribution is 2.22. The van der Waals surface area contributed by atoms with Gasteiger partial charge in [0, 0.05) is 32.6 Å². The van der Waals surface area contributed by atoms with Crippen LogP contribution in [0.3, 0.4) is 0 Å². The van der Waals surface area contributed by atoms with Gasteiger partial charge < -0.3 is 10.2 Å². The van der Waals surface area contributed by atoms with E-state index in [4.69, 9.17) is 5.26 Å². The maximum Gasteiger partial charge on any atom is 0.229 e. The van der Waals surface area contributed by atoms with E-state index in [0.717, 1.165) is 26.2 Å². The molecule has 0 radical (unpaired) electrons. The molecule has 0 aliphatic carbocycles. The van der Waals surface area contributed by atoms with Crippen LogP contribution in [0.2, 0.25) is 0 Å². The van der Waals surface area contributed by atoms with E-state index in [0.29, 0.717) is 0 Å². The van der Waals surface area contributed by atoms with Crippen molar-refractivity contribution < 1.29 is 4.79 Å². The third kappa shape index (κ3) is 2.46. The summed E-state index contributed by atoms with van der Waals surface area (Å²) in [5, 5.41) is 11.8. The maximum absolute atomic E-state index is 12.0. The third-order valence-electron chi connectivity index (χ3n) is 2.50. The molecule has 1 amide bonds. The summed E-state index contributed by atoms with van der Waals surface area (Å²) < 4.78 is 0. The summed E-state index contributed by atoms with van der Waals surface area (Å²) in [4.78, 5) is 13.8. The van der Waals surface area contributed by atoms with Crippen LogP contribution in [0.15, 0.2) is 0 Å². The van der Waals surface area contributed by atoms with Gasteiger partial charge in [-0.1, -0.05) is 13.8 Å². The number of hydrogen-bond acceptors (Lipinski definition) is 3. The van der Waals surface area contributed by atoms with Gasteiger partial charge in [0.1, 0.15) is 0 Å². The highest BCUT2D eigenvalue weighted by atomic mass is 16.2. The van der Waals surface area contributed by atoms with Crippen molar-refractivity contribution >= 4 is 5.91 Å². The molecule has 0 unspecified atom stereocenters. The largest absolute Gasteiger partial charge is 0.340 e. The molecule has 0 atom stereocenters. The zero-order chi connectivity index (χ0) is 10.6. The average molecular weight is 195 g/mol. The van der Waals surface area contributed by atoms with Crippen LogP contribution in [0.25, 0.3) is 0 Å². The number of amides is 1. The molecule has 1 heterocycles. The fourth-order valence-electron chi connectivity index (χ4n) is 1.57. The first-order valence-corrected chi connectivity index (χ1v) is 4.95. The molecule has 1 aliphatic rings. The van der Waals surface area contributed by atoms with E-state index in [1.165, 1.54) is 0 Å². The van der Waals surface area contributed by atoms with Crippen molar-refractivity contribution in [2.24, 2.45) is 5.41 Å². The Morgan fingerprint density at radius 3 is 2.57 bits per heavy atom. The van der Waals surface area contributed by atoms with E-state index in [-0.39, 0.29) is 12.3 Å². The lowest BCUT2D eigenvalue weighted by Crippen LogP contribution is -2.50. The summed E-state index contributed by atoms with van der Waals surface area (Å²) in [7, 11) is 0. The number of nitriles is 1. The van der Waals surface area contributed by atoms with Crippen LogP contribution in [-0.2, 0) is 4.79 Å². The van der Waals surface area contributed by atoms with Crippen LogP contribution in [0.5, 0.6) is 0 Å². The number of nitrogens with one attached hydrogen (secondary N) is 1. The van der Waals surface area contributed by atoms with Gasteiger partial charge in [-0.25, -0.2) is 0 Å². The van der Waals surface area contributed by atoms with E-state index >= 15 is 0 Å². The highest BCUT2D eigenvalue weighted by Gasteiger charge is 2.32. The van der Waals surface area contributed by atoms with Crippen molar-refractivity contribution in [3.63, 3.8) is 0 Å². The Bertz CT molecular complexity index is 249. The van der Waals surface area contributed by atoms with Crippen molar-refractivity contribution in [3.05, 3.63) is 0 Å². The highest BCUT2D eigenvalue weighted by molar-refractivity contribution is 5.82. The molecule has 0 saturated carbocycles. The van der Waals surface area contributed by atoms with Crippen LogP contribution in [0, 0.1) is 16.7 Å². The van der Waals surface area contributed by atoms with Gasteiger partial charge in [-0.05, 0) is 0 Å². The zero-order valence-electron chi connectivity index (χ0n) is 8.84. The first-order chi connectivity index (χ1) is 6.58. The molecule has 0 aromatic rings. The normalized spacial score (nSPS) is 17.6. The molecule has 1 aliphatic heterocycles. The number of hydrogen-bond donors (Lipinski definition) is 1. The number of nitrogens with zero attached hydrogens (tertiary/aromatic N) is 2. The molecule has 14 heavy (non-hydrogen) atoms. The summed E-state index contributed by atoms with van der Waals surface area (Å²) in [6.45, 7) is 6.89. The molecule has 1 saturated heterocycles. The number of carbonyl (C=O) groups is 1. The molecule has 0 aromatic carbocycles. The Hall–Kier alpha value is -1.08. The predicted octanol–water partition coefficient (Wildman–Crippen LogP) is 0.358. The second kappa shape index (κ2) is 4.43. The van der Waals surface area contributed by atoms with Gasteiger partial charge in [0.25, 0.3) is 0 Å². The van der Waals surface area contributed by atoms with Gasteiger partial charge >= 0.3 is 0 Å². The van der Waals surface area contributed by atoms with Gasteiger partial charge in [-0.15, -0.1) is 0 Å². The Morgan fingerprint density at radius 1 is 1.50 bits per heavy atom. The van der Waals surface area contributed by atoms with Gasteiger partial charge in [0.05, 0.1) is 11.5 Å². The smallest absolute Gasteiger partial charge is 0.229 e. The van der Waals surface area contributed by atoms with Crippen molar-refractivity contribution in [1.29, 1.82) is 5.26 Å². The molecular formula is C10H17N3O. The van der Waals surface area contributed by atoms with Crippen molar-refractivity contribution in [2.75, 3.05) is 26.2 Å². The van der Waals surface area contributed by atoms with Gasteiger partial charge in [-0.2, -0.15) is 5.26 Å². The van der Waals surface area contributed by atoms with E-state index in [2.05, 4.69) is 11.4 Å². The molecule has 4 heteroatoms. The van der Waals surface area contributed by atoms with Crippen LogP contribution in [0.4, 0.5) is 0 Å². The standard InChI is InChI=1S/C10H17N3O/c1-10(2,3-4-11)9(14)13-7-5-12-6-8-13/h12H,3,5-8H2,1-2H3. The topological polar surface area (TPSA) is 56.1 Å². The summed E-state index contributed by atoms with van der Waals surface area (Å²) in [6, 6.07) is 2.06. The van der Waals surface area contributed by atoms with Crippen molar-refractivity contribution in [1.82, 2.24) is 10.2 Å². The summed E-state index contributed by atoms with van der Waals surface area (Å²) >= 11 is 0. The predicted molar refractivity (Wildman–Crippen MR) is 53.5 cm³/mol. The first kappa shape index (κ1) is 11.0. The minimum atomic E-state index is -0.536. The Labute approximate surface area is 84.9 Å². The third-order valence-corrected chi connectivity index (χ3v) is 2.50. The summed E-state index contributed by atoms with van der Waals surface area (Å²) in [5.74, 6) is 0.0977. The van der Waals surface area contributed by atoms with E-state index in [1.807, 2.05) is 18.7 Å². The molecule has 78 valence electrons. The summed E-state index contributed by atoms with van der Waals surface area (Å²) in [5.41, 5.74) is -0.536. The second-order valence-electron chi connectivity index (χ2n) is 4.26. The molecule has 1 rings (SSSR count). The molecule has 1 fully saturated rings. The van der Waals surface area contributed by atoms with E-state index < -0.39 is 5.41 Å². The number of rotatable bonds is 2. The fraction of sp³-hybridized carbons (Fsp3) is 0.800. The SMILES string of the molecule is CC(C)(CC#N)C(=O)N1CCNCC1. The average Bonchev–Trinajstić information content (AvgIpc) is 2.18. The quantitative estimate of drug-likeness (QED) is 0.692.